The molecule has 262 valence electrons. The van der Waals surface area contributed by atoms with E-state index < -0.39 is 0 Å². The Morgan fingerprint density at radius 1 is 0.364 bits per heavy atom. The van der Waals surface area contributed by atoms with Crippen molar-refractivity contribution in [1.29, 1.82) is 0 Å². The summed E-state index contributed by atoms with van der Waals surface area (Å²) in [5.41, 5.74) is 14.6. The number of fused-ring (bicyclic) bond motifs is 10. The lowest BCUT2D eigenvalue weighted by Crippen LogP contribution is -2.10. The van der Waals surface area contributed by atoms with Gasteiger partial charge in [-0.15, -0.1) is 0 Å². The van der Waals surface area contributed by atoms with Crippen molar-refractivity contribution in [3.63, 3.8) is 0 Å². The summed E-state index contributed by atoms with van der Waals surface area (Å²) in [6.07, 6.45) is 0. The summed E-state index contributed by atoms with van der Waals surface area (Å²) in [7, 11) is 0. The molecule has 0 aliphatic rings. The largest absolute Gasteiger partial charge is 0.309 e. The molecule has 0 fully saturated rings. The number of rotatable bonds is 4. The van der Waals surface area contributed by atoms with E-state index in [4.69, 9.17) is 0 Å². The maximum absolute atomic E-state index is 2.47. The molecule has 0 N–H and O–H groups in total. The monoisotopic (exact) mass is 705 g/mol. The van der Waals surface area contributed by atoms with Gasteiger partial charge in [0.05, 0.1) is 38.8 Å². The molecule has 0 radical (unpaired) electrons. The van der Waals surface area contributed by atoms with E-state index >= 15 is 0 Å². The van der Waals surface area contributed by atoms with E-state index in [1.54, 1.807) is 0 Å². The van der Waals surface area contributed by atoms with E-state index in [1.165, 1.54) is 87.8 Å². The fourth-order valence-corrected chi connectivity index (χ4v) is 9.05. The van der Waals surface area contributed by atoms with Crippen LogP contribution in [0.15, 0.2) is 182 Å². The molecule has 0 unspecified atom stereocenters. The minimum Gasteiger partial charge on any atom is -0.309 e. The highest BCUT2D eigenvalue weighted by atomic mass is 15.0. The molecule has 11 rings (SSSR count). The van der Waals surface area contributed by atoms with Crippen LogP contribution in [0.2, 0.25) is 0 Å². The van der Waals surface area contributed by atoms with Gasteiger partial charge in [-0.3, -0.25) is 0 Å². The number of para-hydroxylation sites is 5. The first-order valence-corrected chi connectivity index (χ1v) is 19.2. The van der Waals surface area contributed by atoms with Crippen LogP contribution in [0, 0.1) is 0 Å². The molecule has 0 spiro atoms. The van der Waals surface area contributed by atoms with Crippen molar-refractivity contribution in [1.82, 2.24) is 13.7 Å². The van der Waals surface area contributed by atoms with E-state index in [1.807, 2.05) is 0 Å². The Balaban J connectivity index is 1.17. The second-order valence-electron chi connectivity index (χ2n) is 15.8. The summed E-state index contributed by atoms with van der Waals surface area (Å²) >= 11 is 0. The highest BCUT2D eigenvalue weighted by molar-refractivity contribution is 6.26. The number of nitrogens with zero attached hydrogens (tertiary/aromatic N) is 3. The number of hydrogen-bond donors (Lipinski definition) is 0. The molecule has 3 aromatic heterocycles. The Kier molecular flexibility index (Phi) is 6.81. The van der Waals surface area contributed by atoms with E-state index in [2.05, 4.69) is 216 Å². The normalized spacial score (nSPS) is 12.3. The van der Waals surface area contributed by atoms with Crippen molar-refractivity contribution < 1.29 is 0 Å². The lowest BCUT2D eigenvalue weighted by Gasteiger charge is -2.20. The fourth-order valence-electron chi connectivity index (χ4n) is 9.05. The van der Waals surface area contributed by atoms with Gasteiger partial charge in [-0.25, -0.2) is 0 Å². The van der Waals surface area contributed by atoms with Gasteiger partial charge in [-0.2, -0.15) is 0 Å². The van der Waals surface area contributed by atoms with Crippen LogP contribution in [0.3, 0.4) is 0 Å². The molecule has 3 heteroatoms. The van der Waals surface area contributed by atoms with E-state index in [-0.39, 0.29) is 5.41 Å². The third-order valence-electron chi connectivity index (χ3n) is 11.6. The lowest BCUT2D eigenvalue weighted by atomic mass is 9.86. The maximum atomic E-state index is 2.47. The topological polar surface area (TPSA) is 14.8 Å². The van der Waals surface area contributed by atoms with Crippen LogP contribution in [0.5, 0.6) is 0 Å². The van der Waals surface area contributed by atoms with Crippen molar-refractivity contribution in [3.8, 4) is 28.2 Å². The first-order valence-electron chi connectivity index (χ1n) is 19.2. The predicted molar refractivity (Wildman–Crippen MR) is 234 cm³/mol. The van der Waals surface area contributed by atoms with Crippen molar-refractivity contribution in [2.24, 2.45) is 0 Å². The summed E-state index contributed by atoms with van der Waals surface area (Å²) in [6.45, 7) is 6.81. The Hall–Kier alpha value is -6.84. The average molecular weight is 706 g/mol. The van der Waals surface area contributed by atoms with Gasteiger partial charge in [0.25, 0.3) is 0 Å². The highest BCUT2D eigenvalue weighted by Crippen LogP contribution is 2.43. The fraction of sp³-hybridized carbons (Fsp3) is 0.0769. The Morgan fingerprint density at radius 3 is 1.65 bits per heavy atom. The summed E-state index contributed by atoms with van der Waals surface area (Å²) in [6, 6.07) is 66.9. The molecule has 0 amide bonds. The third-order valence-corrected chi connectivity index (χ3v) is 11.6. The Labute approximate surface area is 319 Å². The van der Waals surface area contributed by atoms with E-state index in [9.17, 15) is 0 Å². The molecule has 0 bridgehead atoms. The smallest absolute Gasteiger partial charge is 0.0641 e. The van der Waals surface area contributed by atoms with Gasteiger partial charge in [0.1, 0.15) is 0 Å². The van der Waals surface area contributed by atoms with E-state index in [0.717, 1.165) is 11.4 Å². The average Bonchev–Trinajstić information content (AvgIpc) is 3.86. The summed E-state index contributed by atoms with van der Waals surface area (Å²) in [4.78, 5) is 0. The molecule has 3 nitrogen and oxygen atoms in total. The van der Waals surface area contributed by atoms with Crippen LogP contribution >= 0.6 is 0 Å². The van der Waals surface area contributed by atoms with Gasteiger partial charge < -0.3 is 13.7 Å². The third kappa shape index (κ3) is 4.69. The van der Waals surface area contributed by atoms with Gasteiger partial charge in [-0.05, 0) is 77.2 Å². The number of benzene rings is 8. The minimum atomic E-state index is 0.102. The SMILES string of the molecule is CC(C)(C)c1ccc(-c2ccccc2-n2c3ccccc3c3cc(-n4c5ccccc5c5c4ccc4c6ccccc6n(-c6ccccc6)c45)ccc32)cc1. The minimum absolute atomic E-state index is 0.102. The molecule has 3 heterocycles. The molecular formula is C52H39N3. The predicted octanol–water partition coefficient (Wildman–Crippen LogP) is 13.9. The number of hydrogen-bond acceptors (Lipinski definition) is 0. The number of aromatic nitrogens is 3. The second-order valence-corrected chi connectivity index (χ2v) is 15.8. The highest BCUT2D eigenvalue weighted by Gasteiger charge is 2.22. The summed E-state index contributed by atoms with van der Waals surface area (Å²) in [5.74, 6) is 0. The van der Waals surface area contributed by atoms with Gasteiger partial charge in [-0.1, -0.05) is 142 Å². The Morgan fingerprint density at radius 2 is 0.927 bits per heavy atom. The Bertz CT molecular complexity index is 3270. The van der Waals surface area contributed by atoms with Crippen LogP contribution in [0.25, 0.3) is 93.6 Å². The summed E-state index contributed by atoms with van der Waals surface area (Å²) < 4.78 is 7.37. The molecule has 8 aromatic carbocycles. The summed E-state index contributed by atoms with van der Waals surface area (Å²) in [5, 5.41) is 7.51. The second kappa shape index (κ2) is 11.8. The van der Waals surface area contributed by atoms with Crippen molar-refractivity contribution in [2.45, 2.75) is 26.2 Å². The molecule has 0 saturated heterocycles. The van der Waals surface area contributed by atoms with Crippen LogP contribution in [0.1, 0.15) is 26.3 Å². The molecule has 55 heavy (non-hydrogen) atoms. The standard InChI is InChI=1S/C52H39N3/c1-52(2,3)35-27-25-34(26-28-35)38-17-7-11-21-44(38)55-46-23-13-9-19-40(46)43-33-37(29-31-48(43)55)53-47-24-14-10-20-42(47)50-49(53)32-30-41-39-18-8-12-22-45(39)54(51(41)50)36-15-5-4-6-16-36/h4-33H,1-3H3. The first kappa shape index (κ1) is 31.7. The van der Waals surface area contributed by atoms with Crippen molar-refractivity contribution >= 4 is 65.4 Å². The molecule has 11 aromatic rings. The van der Waals surface area contributed by atoms with Gasteiger partial charge in [0.15, 0.2) is 0 Å². The quantitative estimate of drug-likeness (QED) is 0.173. The van der Waals surface area contributed by atoms with Crippen molar-refractivity contribution in [3.05, 3.63) is 188 Å². The van der Waals surface area contributed by atoms with Crippen LogP contribution in [-0.2, 0) is 5.41 Å². The maximum Gasteiger partial charge on any atom is 0.0641 e. The van der Waals surface area contributed by atoms with Crippen molar-refractivity contribution in [2.75, 3.05) is 0 Å². The van der Waals surface area contributed by atoms with Gasteiger partial charge in [0, 0.05) is 49.3 Å². The molecule has 0 saturated carbocycles. The lowest BCUT2D eigenvalue weighted by molar-refractivity contribution is 0.590. The van der Waals surface area contributed by atoms with Gasteiger partial charge >= 0.3 is 0 Å². The van der Waals surface area contributed by atoms with Gasteiger partial charge in [0.2, 0.25) is 0 Å². The van der Waals surface area contributed by atoms with Crippen LogP contribution in [0.4, 0.5) is 0 Å². The van der Waals surface area contributed by atoms with Crippen LogP contribution < -0.4 is 0 Å². The molecule has 0 aliphatic carbocycles. The molecular weight excluding hydrogens is 667 g/mol. The van der Waals surface area contributed by atoms with E-state index in [0.29, 0.717) is 0 Å². The molecule has 0 atom stereocenters. The van der Waals surface area contributed by atoms with Crippen LogP contribution in [-0.4, -0.2) is 13.7 Å². The first-order chi connectivity index (χ1) is 27.0. The zero-order valence-electron chi connectivity index (χ0n) is 31.2. The molecule has 0 aliphatic heterocycles. The zero-order chi connectivity index (χ0) is 36.8. The zero-order valence-corrected chi connectivity index (χ0v) is 31.2.